The molecule has 2 aromatic carbocycles. The number of rotatable bonds is 3. The van der Waals surface area contributed by atoms with Gasteiger partial charge < -0.3 is 0 Å². The van der Waals surface area contributed by atoms with Gasteiger partial charge in [0.15, 0.2) is 0 Å². The van der Waals surface area contributed by atoms with Crippen LogP contribution in [0.15, 0.2) is 51.8 Å². The Kier molecular flexibility index (Phi) is 4.13. The molecule has 0 bridgehead atoms. The van der Waals surface area contributed by atoms with Crippen LogP contribution in [0, 0.1) is 5.82 Å². The third kappa shape index (κ3) is 3.08. The number of anilines is 1. The van der Waals surface area contributed by atoms with Gasteiger partial charge in [0, 0.05) is 0 Å². The van der Waals surface area contributed by atoms with Crippen molar-refractivity contribution in [2.24, 2.45) is 0 Å². The summed E-state index contributed by atoms with van der Waals surface area (Å²) in [6, 6.07) is 9.86. The first kappa shape index (κ1) is 14.3. The highest BCUT2D eigenvalue weighted by Crippen LogP contribution is 2.31. The summed E-state index contributed by atoms with van der Waals surface area (Å²) in [4.78, 5) is -0.415. The Morgan fingerprint density at radius 1 is 1.11 bits per heavy atom. The fourth-order valence-corrected chi connectivity index (χ4v) is 3.27. The van der Waals surface area contributed by atoms with Crippen molar-refractivity contribution in [1.82, 2.24) is 0 Å². The summed E-state index contributed by atoms with van der Waals surface area (Å²) in [5, 5.41) is 0.355. The predicted octanol–water partition coefficient (Wildman–Crippen LogP) is 4.04. The first-order valence-corrected chi connectivity index (χ1v) is 7.78. The molecule has 0 saturated heterocycles. The summed E-state index contributed by atoms with van der Waals surface area (Å²) < 4.78 is 40.3. The standard InChI is InChI=1S/C12H8BrClFNO2S/c13-12-8(14)4-3-6-10(12)16-19(17,18)11-7-2-1-5-9(11)15/h1-7,16H. The van der Waals surface area contributed by atoms with Crippen molar-refractivity contribution in [2.75, 3.05) is 4.72 Å². The topological polar surface area (TPSA) is 46.2 Å². The minimum Gasteiger partial charge on any atom is -0.278 e. The Morgan fingerprint density at radius 3 is 2.47 bits per heavy atom. The first-order valence-electron chi connectivity index (χ1n) is 5.13. The number of halogens is 3. The van der Waals surface area contributed by atoms with E-state index in [0.29, 0.717) is 9.50 Å². The second kappa shape index (κ2) is 5.48. The van der Waals surface area contributed by atoms with Crippen LogP contribution in [0.1, 0.15) is 0 Å². The summed E-state index contributed by atoms with van der Waals surface area (Å²) >= 11 is 9.04. The van der Waals surface area contributed by atoms with E-state index in [4.69, 9.17) is 11.6 Å². The highest BCUT2D eigenvalue weighted by Gasteiger charge is 2.19. The monoisotopic (exact) mass is 363 g/mol. The minimum atomic E-state index is -4.00. The third-order valence-electron chi connectivity index (χ3n) is 2.32. The van der Waals surface area contributed by atoms with Crippen LogP contribution in [-0.4, -0.2) is 8.42 Å². The molecule has 0 saturated carbocycles. The summed E-state index contributed by atoms with van der Waals surface area (Å²) in [5.74, 6) is -0.812. The average Bonchev–Trinajstić information content (AvgIpc) is 2.35. The minimum absolute atomic E-state index is 0.246. The van der Waals surface area contributed by atoms with Crippen LogP contribution in [0.25, 0.3) is 0 Å². The Labute approximate surface area is 123 Å². The lowest BCUT2D eigenvalue weighted by molar-refractivity contribution is 0.570. The Hall–Kier alpha value is -1.11. The lowest BCUT2D eigenvalue weighted by atomic mass is 10.3. The Balaban J connectivity index is 2.43. The van der Waals surface area contributed by atoms with E-state index in [-0.39, 0.29) is 5.69 Å². The van der Waals surface area contributed by atoms with E-state index in [1.54, 1.807) is 12.1 Å². The fraction of sp³-hybridized carbons (Fsp3) is 0. The molecule has 0 unspecified atom stereocenters. The zero-order chi connectivity index (χ0) is 14.0. The van der Waals surface area contributed by atoms with Crippen molar-refractivity contribution in [3.8, 4) is 0 Å². The van der Waals surface area contributed by atoms with Gasteiger partial charge in [0.05, 0.1) is 15.2 Å². The molecule has 7 heteroatoms. The second-order valence-electron chi connectivity index (χ2n) is 3.64. The number of hydrogen-bond donors (Lipinski definition) is 1. The molecule has 2 aromatic rings. The van der Waals surface area contributed by atoms with Crippen molar-refractivity contribution >= 4 is 43.2 Å². The lowest BCUT2D eigenvalue weighted by Crippen LogP contribution is -2.14. The molecule has 0 spiro atoms. The molecule has 0 aliphatic rings. The maximum Gasteiger partial charge on any atom is 0.264 e. The summed E-state index contributed by atoms with van der Waals surface area (Å²) in [6.45, 7) is 0. The normalized spacial score (nSPS) is 11.3. The molecule has 0 aliphatic carbocycles. The molecule has 0 fully saturated rings. The highest BCUT2D eigenvalue weighted by molar-refractivity contribution is 9.10. The predicted molar refractivity (Wildman–Crippen MR) is 76.4 cm³/mol. The van der Waals surface area contributed by atoms with E-state index in [9.17, 15) is 12.8 Å². The van der Waals surface area contributed by atoms with E-state index in [1.807, 2.05) is 0 Å². The third-order valence-corrected chi connectivity index (χ3v) is 5.12. The number of benzene rings is 2. The lowest BCUT2D eigenvalue weighted by Gasteiger charge is -2.10. The first-order chi connectivity index (χ1) is 8.92. The van der Waals surface area contributed by atoms with Crippen LogP contribution in [0.5, 0.6) is 0 Å². The number of sulfonamides is 1. The van der Waals surface area contributed by atoms with Gasteiger partial charge in [-0.3, -0.25) is 4.72 Å². The molecule has 0 amide bonds. The molecule has 0 radical (unpaired) electrons. The van der Waals surface area contributed by atoms with Gasteiger partial charge in [-0.2, -0.15) is 0 Å². The second-order valence-corrected chi connectivity index (χ2v) is 6.49. The fourth-order valence-electron chi connectivity index (χ4n) is 1.45. The van der Waals surface area contributed by atoms with Gasteiger partial charge in [-0.15, -0.1) is 0 Å². The summed E-state index contributed by atoms with van der Waals surface area (Å²) in [7, 11) is -4.00. The van der Waals surface area contributed by atoms with Gasteiger partial charge in [0.1, 0.15) is 10.7 Å². The maximum atomic E-state index is 13.5. The largest absolute Gasteiger partial charge is 0.278 e. The maximum absolute atomic E-state index is 13.5. The van der Waals surface area contributed by atoms with Crippen molar-refractivity contribution in [1.29, 1.82) is 0 Å². The Morgan fingerprint density at radius 2 is 1.79 bits per heavy atom. The van der Waals surface area contributed by atoms with Crippen molar-refractivity contribution in [3.05, 3.63) is 57.8 Å². The van der Waals surface area contributed by atoms with Crippen molar-refractivity contribution in [3.63, 3.8) is 0 Å². The van der Waals surface area contributed by atoms with E-state index in [2.05, 4.69) is 20.7 Å². The molecule has 19 heavy (non-hydrogen) atoms. The smallest absolute Gasteiger partial charge is 0.264 e. The van der Waals surface area contributed by atoms with Crippen molar-refractivity contribution < 1.29 is 12.8 Å². The Bertz CT molecular complexity index is 721. The van der Waals surface area contributed by atoms with Crippen LogP contribution >= 0.6 is 27.5 Å². The van der Waals surface area contributed by atoms with E-state index >= 15 is 0 Å². The van der Waals surface area contributed by atoms with Gasteiger partial charge in [0.2, 0.25) is 0 Å². The average molecular weight is 365 g/mol. The van der Waals surface area contributed by atoms with Gasteiger partial charge in [0.25, 0.3) is 10.0 Å². The van der Waals surface area contributed by atoms with E-state index in [1.165, 1.54) is 24.3 Å². The van der Waals surface area contributed by atoms with Gasteiger partial charge >= 0.3 is 0 Å². The van der Waals surface area contributed by atoms with Gasteiger partial charge in [-0.25, -0.2) is 12.8 Å². The zero-order valence-electron chi connectivity index (χ0n) is 9.40. The molecule has 0 aliphatic heterocycles. The molecule has 2 rings (SSSR count). The molecule has 1 N–H and O–H groups in total. The van der Waals surface area contributed by atoms with Crippen LogP contribution in [0.2, 0.25) is 5.02 Å². The number of nitrogens with one attached hydrogen (secondary N) is 1. The molecule has 0 heterocycles. The molecular weight excluding hydrogens is 357 g/mol. The highest BCUT2D eigenvalue weighted by atomic mass is 79.9. The molecule has 0 aromatic heterocycles. The van der Waals surface area contributed by atoms with E-state index < -0.39 is 20.7 Å². The molecule has 0 atom stereocenters. The quantitative estimate of drug-likeness (QED) is 0.893. The number of hydrogen-bond acceptors (Lipinski definition) is 2. The van der Waals surface area contributed by atoms with Crippen LogP contribution < -0.4 is 4.72 Å². The van der Waals surface area contributed by atoms with Crippen molar-refractivity contribution in [2.45, 2.75) is 4.90 Å². The van der Waals surface area contributed by atoms with Crippen LogP contribution in [0.4, 0.5) is 10.1 Å². The molecule has 100 valence electrons. The zero-order valence-corrected chi connectivity index (χ0v) is 12.6. The summed E-state index contributed by atoms with van der Waals surface area (Å²) in [6.07, 6.45) is 0. The van der Waals surface area contributed by atoms with Crippen LogP contribution in [-0.2, 0) is 10.0 Å². The van der Waals surface area contributed by atoms with E-state index in [0.717, 1.165) is 6.07 Å². The summed E-state index contributed by atoms with van der Waals surface area (Å²) in [5.41, 5.74) is 0.246. The molecule has 3 nitrogen and oxygen atoms in total. The molecular formula is C12H8BrClFNO2S. The van der Waals surface area contributed by atoms with Gasteiger partial charge in [-0.1, -0.05) is 29.8 Å². The van der Waals surface area contributed by atoms with Crippen LogP contribution in [0.3, 0.4) is 0 Å². The van der Waals surface area contributed by atoms with Gasteiger partial charge in [-0.05, 0) is 40.2 Å². The SMILES string of the molecule is O=S(=O)(Nc1cccc(Cl)c1Br)c1ccccc1F.